The molecule has 2 N–H and O–H groups in total. The molecule has 2 aromatic rings. The first-order valence-electron chi connectivity index (χ1n) is 6.42. The van der Waals surface area contributed by atoms with E-state index in [1.165, 1.54) is 18.2 Å². The molecule has 2 aromatic carbocycles. The fraction of sp³-hybridized carbons (Fsp3) is 0.250. The van der Waals surface area contributed by atoms with E-state index in [0.717, 1.165) is 0 Å². The summed E-state index contributed by atoms with van der Waals surface area (Å²) in [6.07, 6.45) is -0.624. The quantitative estimate of drug-likeness (QED) is 0.924. The highest BCUT2D eigenvalue weighted by Gasteiger charge is 2.21. The average Bonchev–Trinajstić information content (AvgIpc) is 2.41. The van der Waals surface area contributed by atoms with Crippen LogP contribution in [0.5, 0.6) is 5.75 Å². The molecule has 0 amide bonds. The topological polar surface area (TPSA) is 35.2 Å². The van der Waals surface area contributed by atoms with Gasteiger partial charge in [-0.2, -0.15) is 0 Å². The molecule has 20 heavy (non-hydrogen) atoms. The minimum Gasteiger partial charge on any atom is -0.484 e. The van der Waals surface area contributed by atoms with Crippen LogP contribution in [-0.4, -0.2) is 6.04 Å². The fourth-order valence-corrected chi connectivity index (χ4v) is 2.00. The summed E-state index contributed by atoms with van der Waals surface area (Å²) in [7, 11) is 0. The maximum Gasteiger partial charge on any atom is 0.141 e. The zero-order valence-corrected chi connectivity index (χ0v) is 11.4. The van der Waals surface area contributed by atoms with Crippen LogP contribution >= 0.6 is 0 Å². The van der Waals surface area contributed by atoms with Crippen molar-refractivity contribution in [2.24, 2.45) is 5.73 Å². The predicted molar refractivity (Wildman–Crippen MR) is 74.6 cm³/mol. The molecule has 4 heteroatoms. The smallest absolute Gasteiger partial charge is 0.141 e. The van der Waals surface area contributed by atoms with E-state index in [0.29, 0.717) is 16.9 Å². The van der Waals surface area contributed by atoms with Gasteiger partial charge in [0.2, 0.25) is 0 Å². The molecule has 0 saturated heterocycles. The van der Waals surface area contributed by atoms with Gasteiger partial charge in [0.15, 0.2) is 0 Å². The van der Waals surface area contributed by atoms with Crippen LogP contribution in [0.25, 0.3) is 0 Å². The Morgan fingerprint density at radius 2 is 1.75 bits per heavy atom. The van der Waals surface area contributed by atoms with E-state index in [-0.39, 0.29) is 11.6 Å². The van der Waals surface area contributed by atoms with Crippen LogP contribution in [0.15, 0.2) is 42.5 Å². The molecular weight excluding hydrogens is 260 g/mol. The maximum absolute atomic E-state index is 13.9. The molecule has 0 spiro atoms. The third-order valence-electron chi connectivity index (χ3n) is 3.08. The Labute approximate surface area is 117 Å². The third-order valence-corrected chi connectivity index (χ3v) is 3.08. The van der Waals surface area contributed by atoms with Crippen LogP contribution in [0.1, 0.15) is 24.2 Å². The average molecular weight is 277 g/mol. The van der Waals surface area contributed by atoms with Crippen LogP contribution in [0.2, 0.25) is 0 Å². The Morgan fingerprint density at radius 3 is 2.35 bits per heavy atom. The molecule has 0 saturated carbocycles. The summed E-state index contributed by atoms with van der Waals surface area (Å²) in [5.41, 5.74) is 6.75. The molecule has 0 fully saturated rings. The van der Waals surface area contributed by atoms with Crippen molar-refractivity contribution in [3.8, 4) is 5.75 Å². The Kier molecular flexibility index (Phi) is 4.35. The van der Waals surface area contributed by atoms with Crippen molar-refractivity contribution >= 4 is 0 Å². The van der Waals surface area contributed by atoms with E-state index >= 15 is 0 Å². The van der Waals surface area contributed by atoms with Crippen molar-refractivity contribution in [3.05, 3.63) is 65.2 Å². The minimum absolute atomic E-state index is 0.305. The highest BCUT2D eigenvalue weighted by molar-refractivity contribution is 5.30. The molecular formula is C16H17F2NO. The molecule has 2 nitrogen and oxygen atoms in total. The van der Waals surface area contributed by atoms with Gasteiger partial charge in [-0.05, 0) is 43.7 Å². The number of hydrogen-bond donors (Lipinski definition) is 1. The third kappa shape index (κ3) is 3.14. The van der Waals surface area contributed by atoms with Crippen molar-refractivity contribution in [2.45, 2.75) is 26.0 Å². The van der Waals surface area contributed by atoms with Gasteiger partial charge in [0.25, 0.3) is 0 Å². The van der Waals surface area contributed by atoms with Crippen molar-refractivity contribution in [1.29, 1.82) is 0 Å². The second-order valence-electron chi connectivity index (χ2n) is 4.83. The van der Waals surface area contributed by atoms with Gasteiger partial charge < -0.3 is 10.5 Å². The summed E-state index contributed by atoms with van der Waals surface area (Å²) in [5, 5.41) is 0. The number of ether oxygens (including phenoxy) is 1. The highest BCUT2D eigenvalue weighted by Crippen LogP contribution is 2.27. The van der Waals surface area contributed by atoms with Crippen molar-refractivity contribution in [3.63, 3.8) is 0 Å². The Balaban J connectivity index is 2.31. The number of benzene rings is 2. The van der Waals surface area contributed by atoms with Crippen LogP contribution in [0.4, 0.5) is 8.78 Å². The van der Waals surface area contributed by atoms with Crippen LogP contribution in [-0.2, 0) is 0 Å². The largest absolute Gasteiger partial charge is 0.484 e. The lowest BCUT2D eigenvalue weighted by atomic mass is 10.0. The van der Waals surface area contributed by atoms with E-state index < -0.39 is 12.1 Å². The van der Waals surface area contributed by atoms with Gasteiger partial charge in [0, 0.05) is 11.6 Å². The summed E-state index contributed by atoms with van der Waals surface area (Å²) < 4.78 is 32.8. The van der Waals surface area contributed by atoms with Crippen LogP contribution in [0, 0.1) is 18.6 Å². The number of nitrogens with two attached hydrogens (primary N) is 1. The SMILES string of the molecule is Cc1cc(OC(c2ccccc2F)C(C)N)ccc1F. The summed E-state index contributed by atoms with van der Waals surface area (Å²) in [6, 6.07) is 10.3. The fourth-order valence-electron chi connectivity index (χ4n) is 2.00. The van der Waals surface area contributed by atoms with Gasteiger partial charge in [-0.25, -0.2) is 8.78 Å². The Hall–Kier alpha value is -1.94. The molecule has 0 bridgehead atoms. The predicted octanol–water partition coefficient (Wildman–Crippen LogP) is 3.74. The van der Waals surface area contributed by atoms with E-state index in [2.05, 4.69) is 0 Å². The molecule has 0 heterocycles. The van der Waals surface area contributed by atoms with Crippen molar-refractivity contribution in [2.75, 3.05) is 0 Å². The van der Waals surface area contributed by atoms with Crippen molar-refractivity contribution in [1.82, 2.24) is 0 Å². The van der Waals surface area contributed by atoms with Gasteiger partial charge in [-0.15, -0.1) is 0 Å². The van der Waals surface area contributed by atoms with E-state index in [9.17, 15) is 8.78 Å². The summed E-state index contributed by atoms with van der Waals surface area (Å²) in [6.45, 7) is 3.39. The zero-order chi connectivity index (χ0) is 14.7. The summed E-state index contributed by atoms with van der Waals surface area (Å²) in [5.74, 6) is -0.205. The number of rotatable bonds is 4. The van der Waals surface area contributed by atoms with Crippen LogP contribution in [0.3, 0.4) is 0 Å². The van der Waals surface area contributed by atoms with E-state index in [4.69, 9.17) is 10.5 Å². The Morgan fingerprint density at radius 1 is 1.05 bits per heavy atom. The second kappa shape index (κ2) is 6.01. The lowest BCUT2D eigenvalue weighted by Gasteiger charge is -2.23. The van der Waals surface area contributed by atoms with Crippen LogP contribution < -0.4 is 10.5 Å². The Bertz CT molecular complexity index is 599. The molecule has 2 atom stereocenters. The molecule has 2 rings (SSSR count). The number of halogens is 2. The van der Waals surface area contributed by atoms with Gasteiger partial charge in [-0.3, -0.25) is 0 Å². The monoisotopic (exact) mass is 277 g/mol. The molecule has 0 radical (unpaired) electrons. The zero-order valence-electron chi connectivity index (χ0n) is 11.4. The summed E-state index contributed by atoms with van der Waals surface area (Å²) >= 11 is 0. The summed E-state index contributed by atoms with van der Waals surface area (Å²) in [4.78, 5) is 0. The highest BCUT2D eigenvalue weighted by atomic mass is 19.1. The van der Waals surface area contributed by atoms with Gasteiger partial charge in [0.05, 0.1) is 0 Å². The molecule has 0 aliphatic heterocycles. The number of aryl methyl sites for hydroxylation is 1. The molecule has 106 valence electrons. The standard InChI is InChI=1S/C16H17F2NO/c1-10-9-12(7-8-14(10)17)20-16(11(2)19)13-5-3-4-6-15(13)18/h3-9,11,16H,19H2,1-2H3. The van der Waals surface area contributed by atoms with E-state index in [1.807, 2.05) is 0 Å². The first-order valence-corrected chi connectivity index (χ1v) is 6.42. The second-order valence-corrected chi connectivity index (χ2v) is 4.83. The molecule has 0 aliphatic rings. The van der Waals surface area contributed by atoms with Gasteiger partial charge in [-0.1, -0.05) is 18.2 Å². The van der Waals surface area contributed by atoms with E-state index in [1.54, 1.807) is 38.1 Å². The molecule has 0 aliphatic carbocycles. The van der Waals surface area contributed by atoms with Gasteiger partial charge in [0.1, 0.15) is 23.5 Å². The minimum atomic E-state index is -0.624. The lowest BCUT2D eigenvalue weighted by Crippen LogP contribution is -2.29. The molecule has 2 unspecified atom stereocenters. The maximum atomic E-state index is 13.9. The molecule has 0 aromatic heterocycles. The lowest BCUT2D eigenvalue weighted by molar-refractivity contribution is 0.175. The van der Waals surface area contributed by atoms with Gasteiger partial charge >= 0.3 is 0 Å². The first-order chi connectivity index (χ1) is 9.49. The number of hydrogen-bond acceptors (Lipinski definition) is 2. The first kappa shape index (κ1) is 14.5. The van der Waals surface area contributed by atoms with Crippen molar-refractivity contribution < 1.29 is 13.5 Å². The normalized spacial score (nSPS) is 13.8.